The van der Waals surface area contributed by atoms with Crippen LogP contribution in [0.1, 0.15) is 31.2 Å². The Morgan fingerprint density at radius 3 is 3.06 bits per heavy atom. The minimum atomic E-state index is 0.427. The molecule has 1 aromatic rings. The van der Waals surface area contributed by atoms with Crippen molar-refractivity contribution in [3.8, 4) is 11.8 Å². The second-order valence-electron chi connectivity index (χ2n) is 4.51. The molecule has 0 saturated carbocycles. The molecule has 0 aromatic heterocycles. The lowest BCUT2D eigenvalue weighted by atomic mass is 10.0. The van der Waals surface area contributed by atoms with Crippen LogP contribution in [0.2, 0.25) is 5.02 Å². The van der Waals surface area contributed by atoms with E-state index in [0.717, 1.165) is 13.0 Å². The van der Waals surface area contributed by atoms with E-state index in [-0.39, 0.29) is 0 Å². The fraction of sp³-hybridized carbons (Fsp3) is 0.500. The molecule has 96 valence electrons. The van der Waals surface area contributed by atoms with E-state index in [9.17, 15) is 0 Å². The molecule has 1 unspecified atom stereocenters. The molecule has 1 fully saturated rings. The lowest BCUT2D eigenvalue weighted by Gasteiger charge is -2.23. The molecule has 0 amide bonds. The van der Waals surface area contributed by atoms with Crippen LogP contribution in [-0.4, -0.2) is 19.2 Å². The maximum absolute atomic E-state index is 9.02. The molecule has 1 N–H and O–H groups in total. The van der Waals surface area contributed by atoms with Crippen LogP contribution in [0, 0.1) is 11.3 Å². The summed E-state index contributed by atoms with van der Waals surface area (Å²) in [5.74, 6) is 0.584. The van der Waals surface area contributed by atoms with Crippen LogP contribution in [0.4, 0.5) is 0 Å². The summed E-state index contributed by atoms with van der Waals surface area (Å²) in [5, 5.41) is 12.9. The van der Waals surface area contributed by atoms with Crippen molar-refractivity contribution in [1.29, 1.82) is 5.26 Å². The summed E-state index contributed by atoms with van der Waals surface area (Å²) in [6.07, 6.45) is 4.74. The maximum Gasteiger partial charge on any atom is 0.138 e. The zero-order chi connectivity index (χ0) is 12.8. The first-order valence-electron chi connectivity index (χ1n) is 6.36. The van der Waals surface area contributed by atoms with Crippen molar-refractivity contribution in [1.82, 2.24) is 5.32 Å². The van der Waals surface area contributed by atoms with Crippen LogP contribution < -0.4 is 10.1 Å². The standard InChI is InChI=1S/C14H17ClN2O/c15-13-5-3-6-14(12(13)10-16)18-9-7-11-4-1-2-8-17-11/h3,5-6,11,17H,1-2,4,7-9H2. The van der Waals surface area contributed by atoms with Gasteiger partial charge in [0, 0.05) is 6.04 Å². The van der Waals surface area contributed by atoms with Crippen LogP contribution in [0.25, 0.3) is 0 Å². The zero-order valence-electron chi connectivity index (χ0n) is 10.3. The molecular formula is C14H17ClN2O. The molecule has 1 atom stereocenters. The molecule has 0 radical (unpaired) electrons. The van der Waals surface area contributed by atoms with Gasteiger partial charge in [-0.15, -0.1) is 0 Å². The number of nitriles is 1. The number of nitrogens with one attached hydrogen (secondary N) is 1. The predicted octanol–water partition coefficient (Wildman–Crippen LogP) is 3.12. The van der Waals surface area contributed by atoms with E-state index in [2.05, 4.69) is 11.4 Å². The lowest BCUT2D eigenvalue weighted by Crippen LogP contribution is -2.35. The largest absolute Gasteiger partial charge is 0.492 e. The number of halogens is 1. The summed E-state index contributed by atoms with van der Waals surface area (Å²) in [5.41, 5.74) is 0.427. The molecule has 0 spiro atoms. The van der Waals surface area contributed by atoms with Gasteiger partial charge in [0.15, 0.2) is 0 Å². The second kappa shape index (κ2) is 6.63. The Morgan fingerprint density at radius 1 is 1.44 bits per heavy atom. The molecule has 3 nitrogen and oxygen atoms in total. The van der Waals surface area contributed by atoms with Crippen LogP contribution in [0.15, 0.2) is 18.2 Å². The minimum Gasteiger partial charge on any atom is -0.492 e. The molecule has 1 aromatic carbocycles. The first kappa shape index (κ1) is 13.2. The van der Waals surface area contributed by atoms with E-state index >= 15 is 0 Å². The van der Waals surface area contributed by atoms with Crippen LogP contribution in [0.3, 0.4) is 0 Å². The molecule has 1 aliphatic heterocycles. The molecule has 2 rings (SSSR count). The third-order valence-electron chi connectivity index (χ3n) is 3.22. The maximum atomic E-state index is 9.02. The molecule has 1 heterocycles. The SMILES string of the molecule is N#Cc1c(Cl)cccc1OCCC1CCCCN1. The predicted molar refractivity (Wildman–Crippen MR) is 71.9 cm³/mol. The number of piperidine rings is 1. The highest BCUT2D eigenvalue weighted by Gasteiger charge is 2.13. The molecule has 4 heteroatoms. The number of nitrogens with zero attached hydrogens (tertiary/aromatic N) is 1. The first-order valence-corrected chi connectivity index (χ1v) is 6.74. The van der Waals surface area contributed by atoms with Gasteiger partial charge in [0.1, 0.15) is 17.4 Å². The summed E-state index contributed by atoms with van der Waals surface area (Å²) in [4.78, 5) is 0. The molecule has 0 aliphatic carbocycles. The van der Waals surface area contributed by atoms with Crippen LogP contribution >= 0.6 is 11.6 Å². The van der Waals surface area contributed by atoms with E-state index in [1.54, 1.807) is 18.2 Å². The van der Waals surface area contributed by atoms with Gasteiger partial charge in [0.2, 0.25) is 0 Å². The second-order valence-corrected chi connectivity index (χ2v) is 4.92. The van der Waals surface area contributed by atoms with Crippen LogP contribution in [0.5, 0.6) is 5.75 Å². The van der Waals surface area contributed by atoms with E-state index in [1.807, 2.05) is 0 Å². The van der Waals surface area contributed by atoms with Crippen molar-refractivity contribution in [3.05, 3.63) is 28.8 Å². The number of rotatable bonds is 4. The molecule has 1 saturated heterocycles. The highest BCUT2D eigenvalue weighted by atomic mass is 35.5. The van der Waals surface area contributed by atoms with Gasteiger partial charge in [-0.2, -0.15) is 5.26 Å². The smallest absolute Gasteiger partial charge is 0.138 e. The van der Waals surface area contributed by atoms with Crippen molar-refractivity contribution in [2.45, 2.75) is 31.7 Å². The summed E-state index contributed by atoms with van der Waals surface area (Å²) >= 11 is 5.94. The fourth-order valence-electron chi connectivity index (χ4n) is 2.21. The Labute approximate surface area is 113 Å². The van der Waals surface area contributed by atoms with Gasteiger partial charge in [-0.3, -0.25) is 0 Å². The van der Waals surface area contributed by atoms with Gasteiger partial charge in [-0.25, -0.2) is 0 Å². The summed E-state index contributed by atoms with van der Waals surface area (Å²) in [6, 6.07) is 7.92. The van der Waals surface area contributed by atoms with Gasteiger partial charge >= 0.3 is 0 Å². The number of ether oxygens (including phenoxy) is 1. The molecular weight excluding hydrogens is 248 g/mol. The van der Waals surface area contributed by atoms with Crippen molar-refractivity contribution >= 4 is 11.6 Å². The zero-order valence-corrected chi connectivity index (χ0v) is 11.0. The van der Waals surface area contributed by atoms with Crippen molar-refractivity contribution in [2.75, 3.05) is 13.2 Å². The normalized spacial score (nSPS) is 19.2. The van der Waals surface area contributed by atoms with Crippen molar-refractivity contribution in [3.63, 3.8) is 0 Å². The van der Waals surface area contributed by atoms with E-state index in [4.69, 9.17) is 21.6 Å². The van der Waals surface area contributed by atoms with Gasteiger partial charge < -0.3 is 10.1 Å². The van der Waals surface area contributed by atoms with Crippen molar-refractivity contribution < 1.29 is 4.74 Å². The quantitative estimate of drug-likeness (QED) is 0.909. The number of hydrogen-bond donors (Lipinski definition) is 1. The summed E-state index contributed by atoms with van der Waals surface area (Å²) in [7, 11) is 0. The van der Waals surface area contributed by atoms with E-state index in [1.165, 1.54) is 19.3 Å². The third-order valence-corrected chi connectivity index (χ3v) is 3.54. The lowest BCUT2D eigenvalue weighted by molar-refractivity contribution is 0.267. The molecule has 1 aliphatic rings. The average molecular weight is 265 g/mol. The van der Waals surface area contributed by atoms with Gasteiger partial charge in [0.25, 0.3) is 0 Å². The Hall–Kier alpha value is -1.24. The number of hydrogen-bond acceptors (Lipinski definition) is 3. The monoisotopic (exact) mass is 264 g/mol. The van der Waals surface area contributed by atoms with E-state index in [0.29, 0.717) is 29.0 Å². The van der Waals surface area contributed by atoms with Gasteiger partial charge in [-0.05, 0) is 37.9 Å². The molecule has 18 heavy (non-hydrogen) atoms. The minimum absolute atomic E-state index is 0.427. The van der Waals surface area contributed by atoms with Gasteiger partial charge in [-0.1, -0.05) is 24.1 Å². The Morgan fingerprint density at radius 2 is 2.33 bits per heavy atom. The highest BCUT2D eigenvalue weighted by molar-refractivity contribution is 6.31. The third kappa shape index (κ3) is 3.38. The summed E-state index contributed by atoms with van der Waals surface area (Å²) < 4.78 is 5.66. The highest BCUT2D eigenvalue weighted by Crippen LogP contribution is 2.25. The van der Waals surface area contributed by atoms with Gasteiger partial charge in [0.05, 0.1) is 11.6 Å². The Bertz CT molecular complexity index is 436. The Kier molecular flexibility index (Phi) is 4.86. The Balaban J connectivity index is 1.86. The fourth-order valence-corrected chi connectivity index (χ4v) is 2.42. The van der Waals surface area contributed by atoms with Crippen LogP contribution in [-0.2, 0) is 0 Å². The van der Waals surface area contributed by atoms with E-state index < -0.39 is 0 Å². The summed E-state index contributed by atoms with van der Waals surface area (Å²) in [6.45, 7) is 1.72. The topological polar surface area (TPSA) is 45.0 Å². The van der Waals surface area contributed by atoms with Crippen molar-refractivity contribution in [2.24, 2.45) is 0 Å². The average Bonchev–Trinajstić information content (AvgIpc) is 2.40. The molecule has 0 bridgehead atoms. The number of benzene rings is 1. The first-order chi connectivity index (χ1) is 8.81.